The van der Waals surface area contributed by atoms with Crippen LogP contribution in [0.1, 0.15) is 26.4 Å². The maximum Gasteiger partial charge on any atom is 0.253 e. The number of rotatable bonds is 4. The summed E-state index contributed by atoms with van der Waals surface area (Å²) in [6, 6.07) is 13.0. The van der Waals surface area contributed by atoms with Gasteiger partial charge in [-0.3, -0.25) is 14.6 Å². The van der Waals surface area contributed by atoms with Crippen LogP contribution in [0.3, 0.4) is 0 Å². The molecule has 130 valence electrons. The SMILES string of the molecule is NCC(=O)c1cccc(-c2cc(-c3cc4c([nH]3)CCNC4=O)ccn2)c1. The third-order valence-electron chi connectivity index (χ3n) is 4.54. The van der Waals surface area contributed by atoms with Crippen molar-refractivity contribution in [2.75, 3.05) is 13.1 Å². The van der Waals surface area contributed by atoms with Gasteiger partial charge in [-0.25, -0.2) is 0 Å². The molecule has 4 N–H and O–H groups in total. The molecule has 1 aliphatic heterocycles. The molecule has 6 heteroatoms. The fourth-order valence-corrected chi connectivity index (χ4v) is 3.17. The second-order valence-electron chi connectivity index (χ2n) is 6.22. The van der Waals surface area contributed by atoms with Gasteiger partial charge in [0.15, 0.2) is 5.78 Å². The van der Waals surface area contributed by atoms with E-state index >= 15 is 0 Å². The Balaban J connectivity index is 1.72. The highest BCUT2D eigenvalue weighted by Gasteiger charge is 2.20. The molecule has 0 saturated carbocycles. The van der Waals surface area contributed by atoms with Crippen LogP contribution in [0.15, 0.2) is 48.7 Å². The number of Topliss-reactive ketones (excluding diaryl/α,β-unsaturated/α-hetero) is 1. The van der Waals surface area contributed by atoms with Gasteiger partial charge in [-0.1, -0.05) is 18.2 Å². The summed E-state index contributed by atoms with van der Waals surface area (Å²) in [5.41, 5.74) is 11.1. The van der Waals surface area contributed by atoms with Gasteiger partial charge in [-0.2, -0.15) is 0 Å². The van der Waals surface area contributed by atoms with Crippen molar-refractivity contribution in [2.45, 2.75) is 6.42 Å². The average Bonchev–Trinajstić information content (AvgIpc) is 3.13. The lowest BCUT2D eigenvalue weighted by molar-refractivity contribution is 0.0945. The zero-order valence-corrected chi connectivity index (χ0v) is 14.1. The molecule has 0 fully saturated rings. The summed E-state index contributed by atoms with van der Waals surface area (Å²) >= 11 is 0. The van der Waals surface area contributed by atoms with Gasteiger partial charge in [-0.05, 0) is 24.3 Å². The molecule has 1 amide bonds. The fourth-order valence-electron chi connectivity index (χ4n) is 3.17. The van der Waals surface area contributed by atoms with Crippen LogP contribution in [0.5, 0.6) is 0 Å². The van der Waals surface area contributed by atoms with Crippen LogP contribution in [0.2, 0.25) is 0 Å². The number of nitrogens with zero attached hydrogens (tertiary/aromatic N) is 1. The fraction of sp³-hybridized carbons (Fsp3) is 0.150. The maximum atomic E-state index is 12.0. The lowest BCUT2D eigenvalue weighted by Gasteiger charge is -2.11. The predicted octanol–water partition coefficient (Wildman–Crippen LogP) is 2.17. The molecule has 3 aromatic rings. The number of aromatic nitrogens is 2. The van der Waals surface area contributed by atoms with Gasteiger partial charge >= 0.3 is 0 Å². The van der Waals surface area contributed by atoms with E-state index in [1.807, 2.05) is 30.3 Å². The third kappa shape index (κ3) is 2.91. The van der Waals surface area contributed by atoms with E-state index in [-0.39, 0.29) is 18.2 Å². The van der Waals surface area contributed by atoms with E-state index in [0.717, 1.165) is 34.6 Å². The Bertz CT molecular complexity index is 1010. The summed E-state index contributed by atoms with van der Waals surface area (Å²) in [6.07, 6.45) is 2.52. The van der Waals surface area contributed by atoms with Crippen LogP contribution >= 0.6 is 0 Å². The molecule has 0 bridgehead atoms. The van der Waals surface area contributed by atoms with E-state index in [1.54, 1.807) is 18.3 Å². The van der Waals surface area contributed by atoms with Crippen molar-refractivity contribution >= 4 is 11.7 Å². The summed E-state index contributed by atoms with van der Waals surface area (Å²) < 4.78 is 0. The minimum absolute atomic E-state index is 0.0208. The average molecular weight is 346 g/mol. The van der Waals surface area contributed by atoms with Crippen molar-refractivity contribution in [1.82, 2.24) is 15.3 Å². The van der Waals surface area contributed by atoms with Crippen LogP contribution in [0, 0.1) is 0 Å². The summed E-state index contributed by atoms with van der Waals surface area (Å²) in [5.74, 6) is -0.151. The summed E-state index contributed by atoms with van der Waals surface area (Å²) in [7, 11) is 0. The molecule has 1 aromatic carbocycles. The molecular weight excluding hydrogens is 328 g/mol. The van der Waals surface area contributed by atoms with Gasteiger partial charge in [0, 0.05) is 47.2 Å². The number of aromatic amines is 1. The lowest BCUT2D eigenvalue weighted by atomic mass is 10.0. The molecule has 1 aliphatic rings. The van der Waals surface area contributed by atoms with Crippen LogP contribution in [-0.4, -0.2) is 34.7 Å². The van der Waals surface area contributed by atoms with Crippen molar-refractivity contribution in [3.63, 3.8) is 0 Å². The Kier molecular flexibility index (Phi) is 4.10. The number of ketones is 1. The van der Waals surface area contributed by atoms with E-state index in [4.69, 9.17) is 5.73 Å². The Morgan fingerprint density at radius 2 is 2.04 bits per heavy atom. The molecule has 6 nitrogen and oxygen atoms in total. The molecule has 0 atom stereocenters. The Hall–Kier alpha value is -3.25. The number of hydrogen-bond acceptors (Lipinski definition) is 4. The zero-order valence-electron chi connectivity index (χ0n) is 14.1. The van der Waals surface area contributed by atoms with E-state index in [2.05, 4.69) is 15.3 Å². The molecule has 3 heterocycles. The zero-order chi connectivity index (χ0) is 18.1. The third-order valence-corrected chi connectivity index (χ3v) is 4.54. The molecule has 2 aromatic heterocycles. The molecule has 0 radical (unpaired) electrons. The van der Waals surface area contributed by atoms with Crippen LogP contribution < -0.4 is 11.1 Å². The predicted molar refractivity (Wildman–Crippen MR) is 98.9 cm³/mol. The number of pyridine rings is 1. The largest absolute Gasteiger partial charge is 0.358 e. The monoisotopic (exact) mass is 346 g/mol. The summed E-state index contributed by atoms with van der Waals surface area (Å²) in [6.45, 7) is 0.627. The highest BCUT2D eigenvalue weighted by molar-refractivity contribution is 5.99. The molecule has 0 unspecified atom stereocenters. The number of carbonyl (C=O) groups excluding carboxylic acids is 2. The number of carbonyl (C=O) groups is 2. The second kappa shape index (κ2) is 6.57. The standard InChI is InChI=1S/C20H18N4O2/c21-11-19(25)14-3-1-2-12(8-14)17-9-13(4-6-22-17)18-10-15-16(24-18)5-7-23-20(15)26/h1-4,6,8-10,24H,5,7,11,21H2,(H,23,26). The Labute approximate surface area is 150 Å². The van der Waals surface area contributed by atoms with Gasteiger partial charge in [0.25, 0.3) is 5.91 Å². The smallest absolute Gasteiger partial charge is 0.253 e. The first-order chi connectivity index (χ1) is 12.7. The molecular formula is C20H18N4O2. The number of H-pyrrole nitrogens is 1. The van der Waals surface area contributed by atoms with Gasteiger partial charge in [0.05, 0.1) is 17.8 Å². The number of benzene rings is 1. The number of amides is 1. The van der Waals surface area contributed by atoms with E-state index in [1.165, 1.54) is 0 Å². The Morgan fingerprint density at radius 3 is 2.85 bits per heavy atom. The summed E-state index contributed by atoms with van der Waals surface area (Å²) in [5, 5.41) is 2.85. The van der Waals surface area contributed by atoms with Crippen LogP contribution in [-0.2, 0) is 6.42 Å². The first kappa shape index (κ1) is 16.2. The number of hydrogen-bond donors (Lipinski definition) is 3. The van der Waals surface area contributed by atoms with Gasteiger partial charge in [-0.15, -0.1) is 0 Å². The van der Waals surface area contributed by atoms with Crippen LogP contribution in [0.25, 0.3) is 22.5 Å². The first-order valence-corrected chi connectivity index (χ1v) is 8.46. The Morgan fingerprint density at radius 1 is 1.15 bits per heavy atom. The van der Waals surface area contributed by atoms with Crippen LogP contribution in [0.4, 0.5) is 0 Å². The topological polar surface area (TPSA) is 101 Å². The second-order valence-corrected chi connectivity index (χ2v) is 6.22. The van der Waals surface area contributed by atoms with Crippen molar-refractivity contribution < 1.29 is 9.59 Å². The molecule has 0 saturated heterocycles. The summed E-state index contributed by atoms with van der Waals surface area (Å²) in [4.78, 5) is 31.6. The van der Waals surface area contributed by atoms with Gasteiger partial charge < -0.3 is 16.0 Å². The van der Waals surface area contributed by atoms with Crippen molar-refractivity contribution in [3.8, 4) is 22.5 Å². The van der Waals surface area contributed by atoms with Crippen molar-refractivity contribution in [3.05, 3.63) is 65.5 Å². The van der Waals surface area contributed by atoms with E-state index in [0.29, 0.717) is 17.7 Å². The van der Waals surface area contributed by atoms with Crippen molar-refractivity contribution in [2.24, 2.45) is 5.73 Å². The minimum atomic E-state index is -0.105. The quantitative estimate of drug-likeness (QED) is 0.630. The molecule has 0 aliphatic carbocycles. The minimum Gasteiger partial charge on any atom is -0.358 e. The van der Waals surface area contributed by atoms with E-state index < -0.39 is 0 Å². The van der Waals surface area contributed by atoms with Gasteiger partial charge in [0.1, 0.15) is 0 Å². The van der Waals surface area contributed by atoms with Gasteiger partial charge in [0.2, 0.25) is 0 Å². The molecule has 26 heavy (non-hydrogen) atoms. The maximum absolute atomic E-state index is 12.0. The highest BCUT2D eigenvalue weighted by Crippen LogP contribution is 2.27. The first-order valence-electron chi connectivity index (χ1n) is 8.46. The van der Waals surface area contributed by atoms with E-state index in [9.17, 15) is 9.59 Å². The number of nitrogens with one attached hydrogen (secondary N) is 2. The highest BCUT2D eigenvalue weighted by atomic mass is 16.1. The lowest BCUT2D eigenvalue weighted by Crippen LogP contribution is -2.31. The normalized spacial score (nSPS) is 13.2. The molecule has 4 rings (SSSR count). The van der Waals surface area contributed by atoms with Crippen molar-refractivity contribution in [1.29, 1.82) is 0 Å². The molecule has 0 spiro atoms. The number of nitrogens with two attached hydrogens (primary N) is 1. The number of fused-ring (bicyclic) bond motifs is 1.